The Balaban J connectivity index is 2.11. The van der Waals surface area contributed by atoms with Crippen LogP contribution in [0, 0.1) is 13.8 Å². The molecule has 1 aliphatic rings. The number of unbranched alkanes of at least 4 members (excludes halogenated alkanes) is 1. The number of nitrogens with two attached hydrogens (primary N) is 1. The standard InChI is InChI=1S/C14H21N3O/c1-9-5-6-11-12(10(9)2)17-14(18)13(11)16-8-4-3-7-15/h5-6,13,16H,3-4,7-8,15H2,1-2H3,(H,17,18). The lowest BCUT2D eigenvalue weighted by atomic mass is 10.0. The van der Waals surface area contributed by atoms with Gasteiger partial charge < -0.3 is 16.4 Å². The molecular formula is C14H21N3O. The van der Waals surface area contributed by atoms with Crippen LogP contribution in [-0.4, -0.2) is 19.0 Å². The number of aryl methyl sites for hydroxylation is 1. The van der Waals surface area contributed by atoms with Gasteiger partial charge in [0.15, 0.2) is 0 Å². The number of anilines is 1. The smallest absolute Gasteiger partial charge is 0.246 e. The Bertz CT molecular complexity index is 457. The Morgan fingerprint density at radius 2 is 2.11 bits per heavy atom. The van der Waals surface area contributed by atoms with Gasteiger partial charge in [-0.3, -0.25) is 4.79 Å². The lowest BCUT2D eigenvalue weighted by Crippen LogP contribution is -2.28. The van der Waals surface area contributed by atoms with Crippen LogP contribution in [0.5, 0.6) is 0 Å². The summed E-state index contributed by atoms with van der Waals surface area (Å²) in [5.41, 5.74) is 9.87. The van der Waals surface area contributed by atoms with Gasteiger partial charge >= 0.3 is 0 Å². The fourth-order valence-electron chi connectivity index (χ4n) is 2.30. The van der Waals surface area contributed by atoms with E-state index in [1.807, 2.05) is 13.0 Å². The highest BCUT2D eigenvalue weighted by Gasteiger charge is 2.31. The van der Waals surface area contributed by atoms with Crippen molar-refractivity contribution in [1.82, 2.24) is 5.32 Å². The zero-order valence-electron chi connectivity index (χ0n) is 11.0. The van der Waals surface area contributed by atoms with Crippen LogP contribution in [0.2, 0.25) is 0 Å². The lowest BCUT2D eigenvalue weighted by Gasteiger charge is -2.12. The molecule has 0 bridgehead atoms. The summed E-state index contributed by atoms with van der Waals surface area (Å²) in [6.07, 6.45) is 1.99. The predicted molar refractivity (Wildman–Crippen MR) is 73.6 cm³/mol. The number of hydrogen-bond donors (Lipinski definition) is 3. The van der Waals surface area contributed by atoms with E-state index >= 15 is 0 Å². The molecule has 4 nitrogen and oxygen atoms in total. The number of carbonyl (C=O) groups excluding carboxylic acids is 1. The summed E-state index contributed by atoms with van der Waals surface area (Å²) < 4.78 is 0. The van der Waals surface area contributed by atoms with Crippen LogP contribution >= 0.6 is 0 Å². The highest BCUT2D eigenvalue weighted by Crippen LogP contribution is 2.34. The minimum Gasteiger partial charge on any atom is -0.330 e. The maximum atomic E-state index is 12.0. The molecule has 1 amide bonds. The number of nitrogens with one attached hydrogen (secondary N) is 2. The predicted octanol–water partition coefficient (Wildman–Crippen LogP) is 1.63. The monoisotopic (exact) mass is 247 g/mol. The molecule has 98 valence electrons. The van der Waals surface area contributed by atoms with Crippen molar-refractivity contribution in [2.24, 2.45) is 5.73 Å². The minimum atomic E-state index is -0.211. The first kappa shape index (κ1) is 13.1. The lowest BCUT2D eigenvalue weighted by molar-refractivity contribution is -0.117. The molecule has 0 aliphatic carbocycles. The summed E-state index contributed by atoms with van der Waals surface area (Å²) in [6.45, 7) is 5.63. The van der Waals surface area contributed by atoms with E-state index in [4.69, 9.17) is 5.73 Å². The molecule has 1 aromatic carbocycles. The number of benzene rings is 1. The normalized spacial score (nSPS) is 17.7. The maximum Gasteiger partial charge on any atom is 0.246 e. The minimum absolute atomic E-state index is 0.0476. The van der Waals surface area contributed by atoms with Gasteiger partial charge in [-0.15, -0.1) is 0 Å². The second-order valence-corrected chi connectivity index (χ2v) is 4.84. The molecule has 1 atom stereocenters. The van der Waals surface area contributed by atoms with Crippen molar-refractivity contribution in [3.05, 3.63) is 28.8 Å². The summed E-state index contributed by atoms with van der Waals surface area (Å²) in [6, 6.07) is 3.90. The largest absolute Gasteiger partial charge is 0.330 e. The van der Waals surface area contributed by atoms with Crippen LogP contribution in [0.15, 0.2) is 12.1 Å². The molecule has 0 radical (unpaired) electrons. The van der Waals surface area contributed by atoms with Crippen molar-refractivity contribution in [1.29, 1.82) is 0 Å². The van der Waals surface area contributed by atoms with Gasteiger partial charge in [-0.1, -0.05) is 12.1 Å². The summed E-state index contributed by atoms with van der Waals surface area (Å²) in [5, 5.41) is 6.27. The Morgan fingerprint density at radius 3 is 2.83 bits per heavy atom. The van der Waals surface area contributed by atoms with Crippen molar-refractivity contribution in [3.8, 4) is 0 Å². The van der Waals surface area contributed by atoms with Crippen molar-refractivity contribution in [2.75, 3.05) is 18.4 Å². The van der Waals surface area contributed by atoms with E-state index in [-0.39, 0.29) is 11.9 Å². The average Bonchev–Trinajstić information content (AvgIpc) is 2.67. The van der Waals surface area contributed by atoms with E-state index in [0.29, 0.717) is 6.54 Å². The average molecular weight is 247 g/mol. The van der Waals surface area contributed by atoms with Crippen LogP contribution in [0.3, 0.4) is 0 Å². The third-order valence-corrected chi connectivity index (χ3v) is 3.57. The van der Waals surface area contributed by atoms with Crippen molar-refractivity contribution in [3.63, 3.8) is 0 Å². The van der Waals surface area contributed by atoms with E-state index < -0.39 is 0 Å². The molecule has 0 aromatic heterocycles. The van der Waals surface area contributed by atoms with E-state index in [0.717, 1.165) is 36.2 Å². The molecular weight excluding hydrogens is 226 g/mol. The summed E-state index contributed by atoms with van der Waals surface area (Å²) in [7, 11) is 0. The van der Waals surface area contributed by atoms with E-state index in [9.17, 15) is 4.79 Å². The summed E-state index contributed by atoms with van der Waals surface area (Å²) in [4.78, 5) is 12.0. The summed E-state index contributed by atoms with van der Waals surface area (Å²) >= 11 is 0. The van der Waals surface area contributed by atoms with E-state index in [1.54, 1.807) is 0 Å². The van der Waals surface area contributed by atoms with Gasteiger partial charge in [0.1, 0.15) is 6.04 Å². The zero-order valence-corrected chi connectivity index (χ0v) is 11.0. The molecule has 4 N–H and O–H groups in total. The number of amides is 1. The fraction of sp³-hybridized carbons (Fsp3) is 0.500. The third-order valence-electron chi connectivity index (χ3n) is 3.57. The number of rotatable bonds is 5. The molecule has 0 spiro atoms. The molecule has 18 heavy (non-hydrogen) atoms. The van der Waals surface area contributed by atoms with Crippen LogP contribution in [0.1, 0.15) is 35.6 Å². The van der Waals surface area contributed by atoms with E-state index in [2.05, 4.69) is 23.6 Å². The van der Waals surface area contributed by atoms with Gasteiger partial charge in [0, 0.05) is 11.3 Å². The quantitative estimate of drug-likeness (QED) is 0.693. The second-order valence-electron chi connectivity index (χ2n) is 4.84. The van der Waals surface area contributed by atoms with Gasteiger partial charge in [-0.2, -0.15) is 0 Å². The van der Waals surface area contributed by atoms with Crippen LogP contribution in [0.4, 0.5) is 5.69 Å². The molecule has 0 fully saturated rings. The molecule has 0 saturated heterocycles. The first-order valence-corrected chi connectivity index (χ1v) is 6.49. The SMILES string of the molecule is Cc1ccc2c(c1C)NC(=O)C2NCCCCN. The van der Waals surface area contributed by atoms with Crippen LogP contribution in [-0.2, 0) is 4.79 Å². The molecule has 1 aromatic rings. The van der Waals surface area contributed by atoms with Crippen LogP contribution in [0.25, 0.3) is 0 Å². The Labute approximate surface area is 108 Å². The maximum absolute atomic E-state index is 12.0. The van der Waals surface area contributed by atoms with Gasteiger partial charge in [-0.25, -0.2) is 0 Å². The molecule has 4 heteroatoms. The molecule has 2 rings (SSSR count). The van der Waals surface area contributed by atoms with E-state index in [1.165, 1.54) is 5.56 Å². The van der Waals surface area contributed by atoms with Crippen molar-refractivity contribution >= 4 is 11.6 Å². The third kappa shape index (κ3) is 2.40. The first-order valence-electron chi connectivity index (χ1n) is 6.49. The first-order chi connectivity index (χ1) is 8.65. The number of carbonyl (C=O) groups is 1. The van der Waals surface area contributed by atoms with Crippen molar-refractivity contribution in [2.45, 2.75) is 32.7 Å². The fourth-order valence-corrected chi connectivity index (χ4v) is 2.30. The van der Waals surface area contributed by atoms with Gasteiger partial charge in [0.2, 0.25) is 5.91 Å². The number of fused-ring (bicyclic) bond motifs is 1. The van der Waals surface area contributed by atoms with Gasteiger partial charge in [0.05, 0.1) is 0 Å². The molecule has 1 heterocycles. The van der Waals surface area contributed by atoms with Crippen molar-refractivity contribution < 1.29 is 4.79 Å². The Morgan fingerprint density at radius 1 is 1.33 bits per heavy atom. The topological polar surface area (TPSA) is 67.2 Å². The van der Waals surface area contributed by atoms with Crippen LogP contribution < -0.4 is 16.4 Å². The highest BCUT2D eigenvalue weighted by molar-refractivity contribution is 6.03. The molecule has 1 unspecified atom stereocenters. The van der Waals surface area contributed by atoms with Gasteiger partial charge in [-0.05, 0) is 50.9 Å². The highest BCUT2D eigenvalue weighted by atomic mass is 16.2. The zero-order chi connectivity index (χ0) is 13.1. The second kappa shape index (κ2) is 5.50. The Hall–Kier alpha value is -1.39. The molecule has 1 aliphatic heterocycles. The molecule has 0 saturated carbocycles. The summed E-state index contributed by atoms with van der Waals surface area (Å²) in [5.74, 6) is 0.0476. The Kier molecular flexibility index (Phi) is 3.99. The number of hydrogen-bond acceptors (Lipinski definition) is 3. The van der Waals surface area contributed by atoms with Gasteiger partial charge in [0.25, 0.3) is 0 Å².